The second-order valence-corrected chi connectivity index (χ2v) is 8.39. The summed E-state index contributed by atoms with van der Waals surface area (Å²) in [6.45, 7) is 5.27. The number of fused-ring (bicyclic) bond motifs is 1. The van der Waals surface area contributed by atoms with Gasteiger partial charge < -0.3 is 4.74 Å². The van der Waals surface area contributed by atoms with Gasteiger partial charge in [-0.2, -0.15) is 0 Å². The lowest BCUT2D eigenvalue weighted by Gasteiger charge is -2.07. The van der Waals surface area contributed by atoms with E-state index in [4.69, 9.17) is 4.74 Å². The molecule has 0 bridgehead atoms. The number of aryl methyl sites for hydroxylation is 1. The fourth-order valence-electron chi connectivity index (χ4n) is 3.77. The Morgan fingerprint density at radius 3 is 2.06 bits per heavy atom. The molecule has 0 heterocycles. The van der Waals surface area contributed by atoms with Crippen molar-refractivity contribution in [3.05, 3.63) is 77.4 Å². The van der Waals surface area contributed by atoms with Gasteiger partial charge in [0.05, 0.1) is 6.61 Å². The van der Waals surface area contributed by atoms with Crippen molar-refractivity contribution in [2.45, 2.75) is 71.6 Å². The standard InChI is InChI=1S/C30H36O/c1-3-5-7-8-9-11-25-12-14-26(15-13-25)16-17-27-18-19-29-24-30(21-20-28(29)23-27)31-22-10-6-4-2/h12-15,18-21,23-24H,3-11,22H2,1-2H3. The SMILES string of the molecule is CCCCCCCc1ccc(C#Cc2ccc3cc(OCCCCC)ccc3c2)cc1. The third-order valence-electron chi connectivity index (χ3n) is 5.70. The van der Waals surface area contributed by atoms with Gasteiger partial charge in [0.15, 0.2) is 0 Å². The van der Waals surface area contributed by atoms with Crippen molar-refractivity contribution in [1.82, 2.24) is 0 Å². The average Bonchev–Trinajstić information content (AvgIpc) is 2.81. The lowest BCUT2D eigenvalue weighted by Crippen LogP contribution is -1.96. The van der Waals surface area contributed by atoms with Crippen LogP contribution in [-0.4, -0.2) is 6.61 Å². The van der Waals surface area contributed by atoms with Crippen molar-refractivity contribution in [2.24, 2.45) is 0 Å². The van der Waals surface area contributed by atoms with E-state index in [-0.39, 0.29) is 0 Å². The quantitative estimate of drug-likeness (QED) is 0.227. The zero-order chi connectivity index (χ0) is 21.7. The molecule has 0 amide bonds. The molecular formula is C30H36O. The van der Waals surface area contributed by atoms with E-state index in [9.17, 15) is 0 Å². The van der Waals surface area contributed by atoms with Crippen LogP contribution in [0.4, 0.5) is 0 Å². The molecule has 0 spiro atoms. The van der Waals surface area contributed by atoms with Crippen molar-refractivity contribution < 1.29 is 4.74 Å². The summed E-state index contributed by atoms with van der Waals surface area (Å²) in [6.07, 6.45) is 11.4. The molecule has 1 heteroatoms. The van der Waals surface area contributed by atoms with Crippen LogP contribution in [0.3, 0.4) is 0 Å². The number of hydrogen-bond donors (Lipinski definition) is 0. The molecule has 3 aromatic carbocycles. The molecule has 31 heavy (non-hydrogen) atoms. The third kappa shape index (κ3) is 7.80. The molecule has 0 aliphatic carbocycles. The van der Waals surface area contributed by atoms with Gasteiger partial charge in [-0.15, -0.1) is 0 Å². The zero-order valence-electron chi connectivity index (χ0n) is 19.3. The van der Waals surface area contributed by atoms with Crippen molar-refractivity contribution in [1.29, 1.82) is 0 Å². The maximum atomic E-state index is 5.88. The zero-order valence-corrected chi connectivity index (χ0v) is 19.3. The Morgan fingerprint density at radius 2 is 1.26 bits per heavy atom. The molecule has 0 N–H and O–H groups in total. The van der Waals surface area contributed by atoms with Gasteiger partial charge in [-0.05, 0) is 72.0 Å². The maximum absolute atomic E-state index is 5.88. The first kappa shape index (κ1) is 23.0. The summed E-state index contributed by atoms with van der Waals surface area (Å²) in [6, 6.07) is 21.5. The minimum atomic E-state index is 0.792. The van der Waals surface area contributed by atoms with Crippen molar-refractivity contribution in [3.8, 4) is 17.6 Å². The Bertz CT molecular complexity index is 988. The first-order valence-corrected chi connectivity index (χ1v) is 12.1. The Kier molecular flexibility index (Phi) is 9.52. The number of benzene rings is 3. The Morgan fingerprint density at radius 1 is 0.613 bits per heavy atom. The molecule has 0 saturated heterocycles. The van der Waals surface area contributed by atoms with Crippen LogP contribution in [0, 0.1) is 11.8 Å². The van der Waals surface area contributed by atoms with E-state index in [1.165, 1.54) is 67.7 Å². The first-order chi connectivity index (χ1) is 15.3. The average molecular weight is 413 g/mol. The topological polar surface area (TPSA) is 9.23 Å². The van der Waals surface area contributed by atoms with Gasteiger partial charge >= 0.3 is 0 Å². The second-order valence-electron chi connectivity index (χ2n) is 8.39. The fourth-order valence-corrected chi connectivity index (χ4v) is 3.77. The third-order valence-corrected chi connectivity index (χ3v) is 5.70. The molecule has 162 valence electrons. The minimum absolute atomic E-state index is 0.792. The number of rotatable bonds is 11. The van der Waals surface area contributed by atoms with Gasteiger partial charge in [-0.25, -0.2) is 0 Å². The summed E-state index contributed by atoms with van der Waals surface area (Å²) in [7, 11) is 0. The molecule has 0 saturated carbocycles. The molecule has 0 fully saturated rings. The van der Waals surface area contributed by atoms with Gasteiger partial charge in [-0.1, -0.05) is 88.5 Å². The minimum Gasteiger partial charge on any atom is -0.494 e. The number of unbranched alkanes of at least 4 members (excludes halogenated alkanes) is 6. The van der Waals surface area contributed by atoms with Gasteiger partial charge in [0.1, 0.15) is 5.75 Å². The molecule has 0 aliphatic heterocycles. The molecule has 0 atom stereocenters. The summed E-state index contributed by atoms with van der Waals surface area (Å²) in [5, 5.41) is 2.40. The summed E-state index contributed by atoms with van der Waals surface area (Å²) >= 11 is 0. The van der Waals surface area contributed by atoms with E-state index in [2.05, 4.69) is 86.4 Å². The Balaban J connectivity index is 1.56. The van der Waals surface area contributed by atoms with Crippen LogP contribution in [0.5, 0.6) is 5.75 Å². The highest BCUT2D eigenvalue weighted by Gasteiger charge is 1.99. The monoisotopic (exact) mass is 412 g/mol. The molecular weight excluding hydrogens is 376 g/mol. The predicted octanol–water partition coefficient (Wildman–Crippen LogP) is 8.32. The van der Waals surface area contributed by atoms with E-state index >= 15 is 0 Å². The second kappa shape index (κ2) is 12.9. The molecule has 0 unspecified atom stereocenters. The van der Waals surface area contributed by atoms with Crippen molar-refractivity contribution in [2.75, 3.05) is 6.61 Å². The lowest BCUT2D eigenvalue weighted by atomic mass is 10.0. The normalized spacial score (nSPS) is 10.6. The van der Waals surface area contributed by atoms with Crippen LogP contribution in [0.2, 0.25) is 0 Å². The molecule has 0 radical (unpaired) electrons. The predicted molar refractivity (Wildman–Crippen MR) is 134 cm³/mol. The summed E-state index contributed by atoms with van der Waals surface area (Å²) in [5.74, 6) is 7.59. The van der Waals surface area contributed by atoms with E-state index in [1.807, 2.05) is 0 Å². The van der Waals surface area contributed by atoms with Crippen LogP contribution in [0.15, 0.2) is 60.7 Å². The van der Waals surface area contributed by atoms with E-state index in [1.54, 1.807) is 0 Å². The van der Waals surface area contributed by atoms with E-state index in [0.717, 1.165) is 29.9 Å². The molecule has 1 nitrogen and oxygen atoms in total. The van der Waals surface area contributed by atoms with E-state index < -0.39 is 0 Å². The smallest absolute Gasteiger partial charge is 0.119 e. The Hall–Kier alpha value is -2.72. The first-order valence-electron chi connectivity index (χ1n) is 12.1. The summed E-state index contributed by atoms with van der Waals surface area (Å²) in [5.41, 5.74) is 3.54. The number of hydrogen-bond acceptors (Lipinski definition) is 1. The number of ether oxygens (including phenoxy) is 1. The van der Waals surface area contributed by atoms with Gasteiger partial charge in [0.25, 0.3) is 0 Å². The lowest BCUT2D eigenvalue weighted by molar-refractivity contribution is 0.306. The highest BCUT2D eigenvalue weighted by Crippen LogP contribution is 2.22. The molecule has 0 aliphatic rings. The maximum Gasteiger partial charge on any atom is 0.119 e. The van der Waals surface area contributed by atoms with Gasteiger partial charge in [-0.3, -0.25) is 0 Å². The van der Waals surface area contributed by atoms with Crippen molar-refractivity contribution in [3.63, 3.8) is 0 Å². The van der Waals surface area contributed by atoms with Crippen LogP contribution in [0.25, 0.3) is 10.8 Å². The Labute approximate surface area is 188 Å². The van der Waals surface area contributed by atoms with Crippen LogP contribution in [-0.2, 0) is 6.42 Å². The van der Waals surface area contributed by atoms with Crippen LogP contribution < -0.4 is 4.74 Å². The van der Waals surface area contributed by atoms with Crippen molar-refractivity contribution >= 4 is 10.8 Å². The summed E-state index contributed by atoms with van der Waals surface area (Å²) < 4.78 is 5.88. The van der Waals surface area contributed by atoms with Gasteiger partial charge in [0.2, 0.25) is 0 Å². The van der Waals surface area contributed by atoms with Crippen LogP contribution >= 0.6 is 0 Å². The van der Waals surface area contributed by atoms with Crippen LogP contribution in [0.1, 0.15) is 81.9 Å². The fraction of sp³-hybridized carbons (Fsp3) is 0.400. The largest absolute Gasteiger partial charge is 0.494 e. The summed E-state index contributed by atoms with van der Waals surface area (Å²) in [4.78, 5) is 0. The molecule has 3 rings (SSSR count). The highest BCUT2D eigenvalue weighted by atomic mass is 16.5. The molecule has 0 aromatic heterocycles. The van der Waals surface area contributed by atoms with Gasteiger partial charge in [0, 0.05) is 11.1 Å². The highest BCUT2D eigenvalue weighted by molar-refractivity contribution is 5.85. The van der Waals surface area contributed by atoms with E-state index in [0.29, 0.717) is 0 Å². The molecule has 3 aromatic rings.